The molecule has 2 atom stereocenters. The monoisotopic (exact) mass is 292 g/mol. The molecule has 2 unspecified atom stereocenters. The number of benzene rings is 1. The molecule has 21 heavy (non-hydrogen) atoms. The maximum atomic E-state index is 12.2. The largest absolute Gasteiger partial charge is 0.493 e. The number of ether oxygens (including phenoxy) is 2. The Labute approximate surface area is 126 Å². The fourth-order valence-corrected chi connectivity index (χ4v) is 2.95. The summed E-state index contributed by atoms with van der Waals surface area (Å²) in [5.74, 6) is 1.52. The zero-order valence-corrected chi connectivity index (χ0v) is 13.0. The Bertz CT molecular complexity index is 504. The predicted molar refractivity (Wildman–Crippen MR) is 81.5 cm³/mol. The minimum atomic E-state index is -0.0917. The molecule has 1 heterocycles. The number of methoxy groups -OCH3 is 2. The molecule has 116 valence electrons. The number of carbonyl (C=O) groups excluding carboxylic acids is 1. The first kappa shape index (κ1) is 15.6. The molecule has 5 nitrogen and oxygen atoms in total. The van der Waals surface area contributed by atoms with Gasteiger partial charge >= 0.3 is 0 Å². The lowest BCUT2D eigenvalue weighted by atomic mass is 9.90. The third kappa shape index (κ3) is 3.13. The van der Waals surface area contributed by atoms with Crippen molar-refractivity contribution in [1.82, 2.24) is 4.90 Å². The van der Waals surface area contributed by atoms with Crippen molar-refractivity contribution >= 4 is 5.91 Å². The van der Waals surface area contributed by atoms with Gasteiger partial charge in [0.05, 0.1) is 20.3 Å². The highest BCUT2D eigenvalue weighted by Crippen LogP contribution is 2.36. The van der Waals surface area contributed by atoms with E-state index in [9.17, 15) is 4.79 Å². The Hall–Kier alpha value is -1.75. The van der Waals surface area contributed by atoms with E-state index in [2.05, 4.69) is 6.92 Å². The maximum Gasteiger partial charge on any atom is 0.223 e. The molecular formula is C16H24N2O3. The van der Waals surface area contributed by atoms with Gasteiger partial charge in [0.15, 0.2) is 11.5 Å². The molecule has 1 aliphatic rings. The molecule has 0 saturated carbocycles. The van der Waals surface area contributed by atoms with Gasteiger partial charge < -0.3 is 20.1 Å². The fourth-order valence-electron chi connectivity index (χ4n) is 2.95. The van der Waals surface area contributed by atoms with Gasteiger partial charge in [0.25, 0.3) is 0 Å². The van der Waals surface area contributed by atoms with Gasteiger partial charge in [0, 0.05) is 19.0 Å². The fraction of sp³-hybridized carbons (Fsp3) is 0.562. The van der Waals surface area contributed by atoms with Gasteiger partial charge in [-0.1, -0.05) is 13.0 Å². The molecule has 0 aliphatic carbocycles. The molecule has 1 aliphatic heterocycles. The van der Waals surface area contributed by atoms with E-state index in [-0.39, 0.29) is 18.0 Å². The second-order valence-electron chi connectivity index (χ2n) is 5.35. The summed E-state index contributed by atoms with van der Waals surface area (Å²) in [6, 6.07) is 5.61. The number of nitrogens with two attached hydrogens (primary N) is 1. The zero-order chi connectivity index (χ0) is 15.4. The molecule has 1 aromatic carbocycles. The SMILES string of the molecule is CCCN1C(=O)CCC(N)C1c1ccc(OC)c(OC)c1. The number of amides is 1. The Morgan fingerprint density at radius 3 is 2.62 bits per heavy atom. The van der Waals surface area contributed by atoms with Crippen LogP contribution in [0.4, 0.5) is 0 Å². The van der Waals surface area contributed by atoms with Crippen LogP contribution in [0.15, 0.2) is 18.2 Å². The quantitative estimate of drug-likeness (QED) is 0.902. The van der Waals surface area contributed by atoms with Crippen molar-refractivity contribution in [3.8, 4) is 11.5 Å². The molecule has 1 aromatic rings. The van der Waals surface area contributed by atoms with Crippen LogP contribution in [0.5, 0.6) is 11.5 Å². The Morgan fingerprint density at radius 1 is 1.29 bits per heavy atom. The smallest absolute Gasteiger partial charge is 0.223 e. The van der Waals surface area contributed by atoms with E-state index in [1.807, 2.05) is 23.1 Å². The number of rotatable bonds is 5. The molecule has 0 bridgehead atoms. The first-order chi connectivity index (χ1) is 10.1. The van der Waals surface area contributed by atoms with Crippen LogP contribution >= 0.6 is 0 Å². The summed E-state index contributed by atoms with van der Waals surface area (Å²) >= 11 is 0. The van der Waals surface area contributed by atoms with E-state index in [0.717, 1.165) is 24.9 Å². The normalized spacial score (nSPS) is 22.3. The minimum absolute atomic E-state index is 0.0487. The number of hydrogen-bond acceptors (Lipinski definition) is 4. The lowest BCUT2D eigenvalue weighted by molar-refractivity contribution is -0.137. The van der Waals surface area contributed by atoms with Crippen LogP contribution in [-0.2, 0) is 4.79 Å². The molecule has 2 rings (SSSR count). The van der Waals surface area contributed by atoms with Gasteiger partial charge in [-0.05, 0) is 30.5 Å². The van der Waals surface area contributed by atoms with Gasteiger partial charge in [-0.15, -0.1) is 0 Å². The third-order valence-electron chi connectivity index (χ3n) is 3.97. The predicted octanol–water partition coefficient (Wildman–Crippen LogP) is 2.10. The molecule has 2 N–H and O–H groups in total. The van der Waals surface area contributed by atoms with Gasteiger partial charge in [-0.25, -0.2) is 0 Å². The number of hydrogen-bond donors (Lipinski definition) is 1. The van der Waals surface area contributed by atoms with Crippen molar-refractivity contribution in [2.75, 3.05) is 20.8 Å². The van der Waals surface area contributed by atoms with Gasteiger partial charge in [0.2, 0.25) is 5.91 Å². The lowest BCUT2D eigenvalue weighted by Crippen LogP contribution is -2.49. The minimum Gasteiger partial charge on any atom is -0.493 e. The van der Waals surface area contributed by atoms with Crippen molar-refractivity contribution in [1.29, 1.82) is 0 Å². The first-order valence-electron chi connectivity index (χ1n) is 7.39. The number of carbonyl (C=O) groups is 1. The van der Waals surface area contributed by atoms with Crippen LogP contribution in [0.25, 0.3) is 0 Å². The van der Waals surface area contributed by atoms with E-state index in [1.165, 1.54) is 0 Å². The Balaban J connectivity index is 2.38. The zero-order valence-electron chi connectivity index (χ0n) is 13.0. The molecule has 0 radical (unpaired) electrons. The van der Waals surface area contributed by atoms with E-state index >= 15 is 0 Å². The van der Waals surface area contributed by atoms with Crippen LogP contribution in [0.3, 0.4) is 0 Å². The molecule has 1 amide bonds. The summed E-state index contributed by atoms with van der Waals surface area (Å²) in [5, 5.41) is 0. The summed E-state index contributed by atoms with van der Waals surface area (Å²) in [7, 11) is 3.22. The number of nitrogens with zero attached hydrogens (tertiary/aromatic N) is 1. The third-order valence-corrected chi connectivity index (χ3v) is 3.97. The Morgan fingerprint density at radius 2 is 2.00 bits per heavy atom. The van der Waals surface area contributed by atoms with Crippen LogP contribution in [0, 0.1) is 0 Å². The van der Waals surface area contributed by atoms with Crippen molar-refractivity contribution in [3.63, 3.8) is 0 Å². The average Bonchev–Trinajstić information content (AvgIpc) is 2.50. The summed E-state index contributed by atoms with van der Waals surface area (Å²) in [4.78, 5) is 14.1. The van der Waals surface area contributed by atoms with E-state index < -0.39 is 0 Å². The van der Waals surface area contributed by atoms with Crippen LogP contribution < -0.4 is 15.2 Å². The highest BCUT2D eigenvalue weighted by molar-refractivity contribution is 5.78. The number of piperidine rings is 1. The molecule has 0 spiro atoms. The Kier molecular flexibility index (Phi) is 5.07. The van der Waals surface area contributed by atoms with Crippen molar-refractivity contribution in [3.05, 3.63) is 23.8 Å². The highest BCUT2D eigenvalue weighted by atomic mass is 16.5. The van der Waals surface area contributed by atoms with Gasteiger partial charge in [-0.3, -0.25) is 4.79 Å². The molecular weight excluding hydrogens is 268 g/mol. The van der Waals surface area contributed by atoms with E-state index in [1.54, 1.807) is 14.2 Å². The van der Waals surface area contributed by atoms with Crippen molar-refractivity contribution in [2.24, 2.45) is 5.73 Å². The highest BCUT2D eigenvalue weighted by Gasteiger charge is 2.34. The second kappa shape index (κ2) is 6.80. The van der Waals surface area contributed by atoms with Gasteiger partial charge in [0.1, 0.15) is 0 Å². The lowest BCUT2D eigenvalue weighted by Gasteiger charge is -2.40. The van der Waals surface area contributed by atoms with Crippen LogP contribution in [-0.4, -0.2) is 37.6 Å². The van der Waals surface area contributed by atoms with Crippen molar-refractivity contribution < 1.29 is 14.3 Å². The standard InChI is InChI=1S/C16H24N2O3/c1-4-9-18-15(19)8-6-12(17)16(18)11-5-7-13(20-2)14(10-11)21-3/h5,7,10,12,16H,4,6,8-9,17H2,1-3H3. The second-order valence-corrected chi connectivity index (χ2v) is 5.35. The summed E-state index contributed by atoms with van der Waals surface area (Å²) in [6.45, 7) is 2.80. The average molecular weight is 292 g/mol. The topological polar surface area (TPSA) is 64.8 Å². The van der Waals surface area contributed by atoms with Crippen LogP contribution in [0.1, 0.15) is 37.8 Å². The number of likely N-dealkylation sites (tertiary alicyclic amines) is 1. The van der Waals surface area contributed by atoms with Crippen LogP contribution in [0.2, 0.25) is 0 Å². The van der Waals surface area contributed by atoms with Crippen molar-refractivity contribution in [2.45, 2.75) is 38.3 Å². The first-order valence-corrected chi connectivity index (χ1v) is 7.39. The van der Waals surface area contributed by atoms with E-state index in [4.69, 9.17) is 15.2 Å². The van der Waals surface area contributed by atoms with Gasteiger partial charge in [-0.2, -0.15) is 0 Å². The summed E-state index contributed by atoms with van der Waals surface area (Å²) in [5.41, 5.74) is 7.29. The summed E-state index contributed by atoms with van der Waals surface area (Å²) in [6.07, 6.45) is 2.17. The van der Waals surface area contributed by atoms with E-state index in [0.29, 0.717) is 17.9 Å². The molecule has 0 aromatic heterocycles. The molecule has 1 fully saturated rings. The molecule has 5 heteroatoms. The summed E-state index contributed by atoms with van der Waals surface area (Å²) < 4.78 is 10.6. The maximum absolute atomic E-state index is 12.2. The molecule has 1 saturated heterocycles.